The highest BCUT2D eigenvalue weighted by Gasteiger charge is 2.28. The van der Waals surface area contributed by atoms with Crippen LogP contribution in [-0.2, 0) is 21.2 Å². The van der Waals surface area contributed by atoms with Crippen LogP contribution in [0.5, 0.6) is 0 Å². The molecule has 0 aromatic heterocycles. The molecule has 0 fully saturated rings. The summed E-state index contributed by atoms with van der Waals surface area (Å²) in [7, 11) is -4.13. The molecule has 3 rings (SSSR count). The van der Waals surface area contributed by atoms with Gasteiger partial charge in [0.05, 0.1) is 5.02 Å². The van der Waals surface area contributed by atoms with Gasteiger partial charge in [-0.2, -0.15) is 4.72 Å². The average Bonchev–Trinajstić information content (AvgIpc) is 2.71. The first-order valence-corrected chi connectivity index (χ1v) is 11.4. The Bertz CT molecular complexity index is 1140. The molecule has 0 unspecified atom stereocenters. The van der Waals surface area contributed by atoms with Crippen molar-refractivity contribution in [2.45, 2.75) is 17.4 Å². The van der Waals surface area contributed by atoms with Crippen LogP contribution < -0.4 is 10.0 Å². The summed E-state index contributed by atoms with van der Waals surface area (Å²) < 4.78 is 28.4. The Balaban J connectivity index is 1.89. The number of anilines is 1. The van der Waals surface area contributed by atoms with E-state index in [1.54, 1.807) is 24.3 Å². The van der Waals surface area contributed by atoms with E-state index in [0.29, 0.717) is 10.7 Å². The van der Waals surface area contributed by atoms with Gasteiger partial charge in [-0.15, -0.1) is 0 Å². The van der Waals surface area contributed by atoms with Crippen molar-refractivity contribution in [3.05, 3.63) is 93.4 Å². The molecule has 0 aliphatic rings. The molecule has 156 valence electrons. The topological polar surface area (TPSA) is 75.3 Å². The molecule has 0 saturated heterocycles. The normalized spacial score (nSPS) is 12.4. The lowest BCUT2D eigenvalue weighted by molar-refractivity contribution is -0.117. The van der Waals surface area contributed by atoms with Gasteiger partial charge in [-0.1, -0.05) is 65.1 Å². The molecule has 0 heterocycles. The van der Waals surface area contributed by atoms with Gasteiger partial charge in [0, 0.05) is 15.7 Å². The van der Waals surface area contributed by atoms with Crippen molar-refractivity contribution in [3.63, 3.8) is 0 Å². The minimum absolute atomic E-state index is 0.00321. The van der Waals surface area contributed by atoms with Gasteiger partial charge in [-0.3, -0.25) is 4.79 Å². The maximum Gasteiger partial charge on any atom is 0.242 e. The van der Waals surface area contributed by atoms with Crippen LogP contribution in [0.25, 0.3) is 0 Å². The molecule has 0 bridgehead atoms. The standard InChI is InChI=1S/C21H17Cl3N2O3S/c22-15-6-9-17(10-7-15)25-21(27)19(12-14-4-2-1-3-5-14)26-30(28,29)20-13-16(23)8-11-18(20)24/h1-11,13,19,26H,12H2,(H,25,27)/t19-/m1/s1. The highest BCUT2D eigenvalue weighted by Crippen LogP contribution is 2.25. The van der Waals surface area contributed by atoms with Crippen LogP contribution in [0.1, 0.15) is 5.56 Å². The van der Waals surface area contributed by atoms with E-state index < -0.39 is 22.0 Å². The number of amides is 1. The van der Waals surface area contributed by atoms with Gasteiger partial charge < -0.3 is 5.32 Å². The van der Waals surface area contributed by atoms with Gasteiger partial charge in [0.1, 0.15) is 10.9 Å². The van der Waals surface area contributed by atoms with Crippen LogP contribution in [0.4, 0.5) is 5.69 Å². The summed E-state index contributed by atoms with van der Waals surface area (Å²) in [5.74, 6) is -0.525. The number of carbonyl (C=O) groups excluding carboxylic acids is 1. The molecule has 2 N–H and O–H groups in total. The van der Waals surface area contributed by atoms with Crippen molar-refractivity contribution >= 4 is 56.4 Å². The summed E-state index contributed by atoms with van der Waals surface area (Å²) in [4.78, 5) is 12.7. The quantitative estimate of drug-likeness (QED) is 0.486. The van der Waals surface area contributed by atoms with Crippen LogP contribution in [0.15, 0.2) is 77.7 Å². The lowest BCUT2D eigenvalue weighted by Gasteiger charge is -2.19. The second kappa shape index (κ2) is 9.81. The van der Waals surface area contributed by atoms with E-state index in [2.05, 4.69) is 10.0 Å². The summed E-state index contributed by atoms with van der Waals surface area (Å²) in [6.45, 7) is 0. The number of carbonyl (C=O) groups is 1. The molecule has 30 heavy (non-hydrogen) atoms. The highest BCUT2D eigenvalue weighted by molar-refractivity contribution is 7.89. The molecule has 3 aromatic carbocycles. The second-order valence-electron chi connectivity index (χ2n) is 6.43. The Hall–Kier alpha value is -2.09. The van der Waals surface area contributed by atoms with Crippen molar-refractivity contribution in [1.29, 1.82) is 0 Å². The maximum atomic E-state index is 13.0. The first kappa shape index (κ1) is 22.6. The van der Waals surface area contributed by atoms with Crippen molar-refractivity contribution in [2.24, 2.45) is 0 Å². The molecular formula is C21H17Cl3N2O3S. The van der Waals surface area contributed by atoms with Gasteiger partial charge in [-0.05, 0) is 54.4 Å². The molecule has 1 atom stereocenters. The van der Waals surface area contributed by atoms with E-state index in [4.69, 9.17) is 34.8 Å². The van der Waals surface area contributed by atoms with Gasteiger partial charge in [0.2, 0.25) is 15.9 Å². The van der Waals surface area contributed by atoms with Crippen LogP contribution in [0.2, 0.25) is 15.1 Å². The fraction of sp³-hybridized carbons (Fsp3) is 0.0952. The van der Waals surface area contributed by atoms with Gasteiger partial charge in [0.15, 0.2) is 0 Å². The first-order valence-electron chi connectivity index (χ1n) is 8.82. The number of hydrogen-bond acceptors (Lipinski definition) is 3. The molecule has 1 amide bonds. The smallest absolute Gasteiger partial charge is 0.242 e. The third-order valence-electron chi connectivity index (χ3n) is 4.19. The summed E-state index contributed by atoms with van der Waals surface area (Å²) in [5, 5.41) is 3.44. The van der Waals surface area contributed by atoms with E-state index in [9.17, 15) is 13.2 Å². The third kappa shape index (κ3) is 5.97. The Kier molecular flexibility index (Phi) is 7.39. The highest BCUT2D eigenvalue weighted by atomic mass is 35.5. The van der Waals surface area contributed by atoms with E-state index in [1.165, 1.54) is 18.2 Å². The van der Waals surface area contributed by atoms with Gasteiger partial charge >= 0.3 is 0 Å². The van der Waals surface area contributed by atoms with Crippen LogP contribution in [0.3, 0.4) is 0 Å². The molecule has 0 radical (unpaired) electrons. The van der Waals surface area contributed by atoms with Crippen molar-refractivity contribution in [3.8, 4) is 0 Å². The SMILES string of the molecule is O=C(Nc1ccc(Cl)cc1)[C@@H](Cc1ccccc1)NS(=O)(=O)c1cc(Cl)ccc1Cl. The Morgan fingerprint density at radius 2 is 1.50 bits per heavy atom. The Labute approximate surface area is 190 Å². The number of sulfonamides is 1. The van der Waals surface area contributed by atoms with Gasteiger partial charge in [-0.25, -0.2) is 8.42 Å². The van der Waals surface area contributed by atoms with Crippen molar-refractivity contribution in [2.75, 3.05) is 5.32 Å². The zero-order valence-electron chi connectivity index (χ0n) is 15.5. The van der Waals surface area contributed by atoms with Crippen LogP contribution >= 0.6 is 34.8 Å². The number of nitrogens with one attached hydrogen (secondary N) is 2. The monoisotopic (exact) mass is 482 g/mol. The van der Waals surface area contributed by atoms with Gasteiger partial charge in [0.25, 0.3) is 0 Å². The minimum atomic E-state index is -4.13. The lowest BCUT2D eigenvalue weighted by atomic mass is 10.1. The number of rotatable bonds is 7. The van der Waals surface area contributed by atoms with E-state index in [1.807, 2.05) is 30.3 Å². The predicted molar refractivity (Wildman–Crippen MR) is 121 cm³/mol. The van der Waals surface area contributed by atoms with E-state index >= 15 is 0 Å². The fourth-order valence-electron chi connectivity index (χ4n) is 2.73. The lowest BCUT2D eigenvalue weighted by Crippen LogP contribution is -2.45. The molecular weight excluding hydrogens is 467 g/mol. The summed E-state index contributed by atoms with van der Waals surface area (Å²) >= 11 is 17.9. The molecule has 9 heteroatoms. The molecule has 0 aliphatic heterocycles. The Morgan fingerprint density at radius 3 is 2.17 bits per heavy atom. The second-order valence-corrected chi connectivity index (χ2v) is 9.40. The largest absolute Gasteiger partial charge is 0.325 e. The summed E-state index contributed by atoms with van der Waals surface area (Å²) in [6, 6.07) is 18.6. The van der Waals surface area contributed by atoms with Crippen LogP contribution in [-0.4, -0.2) is 20.4 Å². The van der Waals surface area contributed by atoms with E-state index in [-0.39, 0.29) is 21.4 Å². The first-order chi connectivity index (χ1) is 14.2. The Morgan fingerprint density at radius 1 is 0.867 bits per heavy atom. The number of benzene rings is 3. The third-order valence-corrected chi connectivity index (χ3v) is 6.63. The fourth-order valence-corrected chi connectivity index (χ4v) is 4.82. The number of hydrogen-bond donors (Lipinski definition) is 2. The summed E-state index contributed by atoms with van der Waals surface area (Å²) in [5.41, 5.74) is 1.27. The maximum absolute atomic E-state index is 13.0. The molecule has 0 spiro atoms. The summed E-state index contributed by atoms with van der Waals surface area (Å²) in [6.07, 6.45) is 0.137. The predicted octanol–water partition coefficient (Wildman–Crippen LogP) is 5.18. The zero-order chi connectivity index (χ0) is 21.7. The average molecular weight is 484 g/mol. The van der Waals surface area contributed by atoms with Crippen molar-refractivity contribution in [1.82, 2.24) is 4.72 Å². The molecule has 0 aliphatic carbocycles. The number of halogens is 3. The zero-order valence-corrected chi connectivity index (χ0v) is 18.6. The van der Waals surface area contributed by atoms with Crippen LogP contribution in [0, 0.1) is 0 Å². The molecule has 3 aromatic rings. The molecule has 5 nitrogen and oxygen atoms in total. The van der Waals surface area contributed by atoms with E-state index in [0.717, 1.165) is 5.56 Å². The minimum Gasteiger partial charge on any atom is -0.325 e. The van der Waals surface area contributed by atoms with Crippen molar-refractivity contribution < 1.29 is 13.2 Å². The molecule has 0 saturated carbocycles.